The van der Waals surface area contributed by atoms with Gasteiger partial charge in [0.2, 0.25) is 0 Å². The molecule has 0 fully saturated rings. The number of nitrogens with zero attached hydrogens (tertiary/aromatic N) is 4. The van der Waals surface area contributed by atoms with E-state index in [-0.39, 0.29) is 11.7 Å². The molecular weight excluding hydrogens is 400 g/mol. The first-order chi connectivity index (χ1) is 14.4. The van der Waals surface area contributed by atoms with Gasteiger partial charge in [-0.15, -0.1) is 5.10 Å². The topological polar surface area (TPSA) is 105 Å². The molecule has 4 aromatic rings. The molecule has 0 bridgehead atoms. The number of pyridine rings is 1. The quantitative estimate of drug-likeness (QED) is 0.443. The van der Waals surface area contributed by atoms with Crippen LogP contribution in [0.5, 0.6) is 5.75 Å². The number of hydrogen-bond acceptors (Lipinski definition) is 7. The van der Waals surface area contributed by atoms with Crippen LogP contribution >= 0.6 is 11.3 Å². The normalized spacial score (nSPS) is 10.8. The number of nitrogens with one attached hydrogen (secondary N) is 2. The number of carbonyl (C=O) groups is 1. The molecule has 0 aliphatic heterocycles. The number of aryl methyl sites for hydroxylation is 2. The van der Waals surface area contributed by atoms with Crippen molar-refractivity contribution in [3.63, 3.8) is 0 Å². The number of phenols is 1. The van der Waals surface area contributed by atoms with Crippen LogP contribution < -0.4 is 10.6 Å². The Morgan fingerprint density at radius 1 is 1.13 bits per heavy atom. The third-order valence-electron chi connectivity index (χ3n) is 4.65. The number of amides is 1. The summed E-state index contributed by atoms with van der Waals surface area (Å²) in [6.07, 6.45) is 6.85. The molecular formula is C21H20N6O2S. The second kappa shape index (κ2) is 7.96. The highest BCUT2D eigenvalue weighted by Crippen LogP contribution is 2.30. The summed E-state index contributed by atoms with van der Waals surface area (Å²) in [7, 11) is 0. The molecule has 0 spiro atoms. The molecule has 9 heteroatoms. The minimum absolute atomic E-state index is 0.141. The van der Waals surface area contributed by atoms with Gasteiger partial charge in [0.15, 0.2) is 10.9 Å². The Balaban J connectivity index is 1.51. The molecule has 3 heterocycles. The lowest BCUT2D eigenvalue weighted by Gasteiger charge is -2.11. The fourth-order valence-corrected chi connectivity index (χ4v) is 3.66. The average Bonchev–Trinajstić information content (AvgIpc) is 3.36. The summed E-state index contributed by atoms with van der Waals surface area (Å²) in [4.78, 5) is 21.5. The van der Waals surface area contributed by atoms with E-state index in [0.717, 1.165) is 16.8 Å². The Morgan fingerprint density at radius 3 is 2.73 bits per heavy atom. The van der Waals surface area contributed by atoms with E-state index >= 15 is 0 Å². The third kappa shape index (κ3) is 3.87. The van der Waals surface area contributed by atoms with Gasteiger partial charge in [-0.25, -0.2) is 9.67 Å². The summed E-state index contributed by atoms with van der Waals surface area (Å²) in [6, 6.07) is 7.14. The van der Waals surface area contributed by atoms with Crippen molar-refractivity contribution < 1.29 is 9.90 Å². The zero-order chi connectivity index (χ0) is 21.3. The molecule has 1 aromatic carbocycles. The van der Waals surface area contributed by atoms with E-state index in [9.17, 15) is 9.90 Å². The van der Waals surface area contributed by atoms with Crippen molar-refractivity contribution in [2.24, 2.45) is 0 Å². The molecule has 3 aromatic heterocycles. The molecule has 8 nitrogen and oxygen atoms in total. The lowest BCUT2D eigenvalue weighted by molar-refractivity contribution is 0.103. The Kier molecular flexibility index (Phi) is 5.20. The number of aromatic hydroxyl groups is 1. The van der Waals surface area contributed by atoms with Crippen LogP contribution in [0.15, 0.2) is 49.1 Å². The van der Waals surface area contributed by atoms with Gasteiger partial charge in [0.25, 0.3) is 5.91 Å². The van der Waals surface area contributed by atoms with E-state index < -0.39 is 0 Å². The van der Waals surface area contributed by atoms with Crippen molar-refractivity contribution in [1.82, 2.24) is 19.7 Å². The first-order valence-electron chi connectivity index (χ1n) is 9.22. The van der Waals surface area contributed by atoms with Crippen LogP contribution in [0.2, 0.25) is 0 Å². The Labute approximate surface area is 177 Å². The van der Waals surface area contributed by atoms with Gasteiger partial charge in [0.05, 0.1) is 23.8 Å². The van der Waals surface area contributed by atoms with Crippen LogP contribution in [0.25, 0.3) is 5.69 Å². The van der Waals surface area contributed by atoms with Crippen molar-refractivity contribution in [3.8, 4) is 11.4 Å². The second-order valence-corrected chi connectivity index (χ2v) is 7.86. The molecule has 0 saturated carbocycles. The fourth-order valence-electron chi connectivity index (χ4n) is 2.95. The number of benzene rings is 1. The lowest BCUT2D eigenvalue weighted by atomic mass is 10.1. The van der Waals surface area contributed by atoms with Crippen molar-refractivity contribution in [1.29, 1.82) is 0 Å². The summed E-state index contributed by atoms with van der Waals surface area (Å²) in [5.41, 5.74) is 3.89. The number of hydrogen-bond donors (Lipinski definition) is 3. The molecule has 3 N–H and O–H groups in total. The van der Waals surface area contributed by atoms with Gasteiger partial charge in [0, 0.05) is 23.5 Å². The Bertz CT molecular complexity index is 1220. The largest absolute Gasteiger partial charge is 0.508 e. The predicted molar refractivity (Wildman–Crippen MR) is 117 cm³/mol. The van der Waals surface area contributed by atoms with Gasteiger partial charge in [-0.05, 0) is 44.5 Å². The van der Waals surface area contributed by atoms with Crippen LogP contribution in [-0.2, 0) is 0 Å². The van der Waals surface area contributed by atoms with Gasteiger partial charge in [-0.2, -0.15) is 0 Å². The maximum atomic E-state index is 12.7. The van der Waals surface area contributed by atoms with Crippen LogP contribution in [0.3, 0.4) is 0 Å². The maximum Gasteiger partial charge on any atom is 0.267 e. The van der Waals surface area contributed by atoms with Crippen LogP contribution in [0.4, 0.5) is 16.6 Å². The molecule has 0 aliphatic carbocycles. The van der Waals surface area contributed by atoms with E-state index in [1.807, 2.05) is 32.2 Å². The maximum absolute atomic E-state index is 12.7. The molecule has 152 valence electrons. The van der Waals surface area contributed by atoms with Crippen LogP contribution in [-0.4, -0.2) is 30.8 Å². The minimum atomic E-state index is -0.282. The van der Waals surface area contributed by atoms with Gasteiger partial charge >= 0.3 is 0 Å². The molecule has 0 saturated heterocycles. The molecule has 4 rings (SSSR count). The van der Waals surface area contributed by atoms with E-state index in [4.69, 9.17) is 0 Å². The highest BCUT2D eigenvalue weighted by atomic mass is 32.1. The summed E-state index contributed by atoms with van der Waals surface area (Å²) in [5, 5.41) is 21.0. The van der Waals surface area contributed by atoms with Gasteiger partial charge in [-0.1, -0.05) is 17.4 Å². The van der Waals surface area contributed by atoms with Crippen molar-refractivity contribution in [3.05, 3.63) is 70.6 Å². The fraction of sp³-hybridized carbons (Fsp3) is 0.143. The number of anilines is 3. The standard InChI is InChI=1S/C21H20N6O2S/c1-12-6-7-16(28)14(3)18(12)24-20(29)17-10-23-21(30-17)25-19-13(2)11-27(26-19)15-5-4-8-22-9-15/h4-11,28H,1-3H3,(H,24,29)(H,23,25,26). The molecule has 0 aliphatic rings. The predicted octanol–water partition coefficient (Wildman–Crippen LogP) is 4.35. The van der Waals surface area contributed by atoms with Crippen molar-refractivity contribution in [2.45, 2.75) is 20.8 Å². The highest BCUT2D eigenvalue weighted by Gasteiger charge is 2.16. The van der Waals surface area contributed by atoms with E-state index in [1.54, 1.807) is 36.1 Å². The summed E-state index contributed by atoms with van der Waals surface area (Å²) >= 11 is 1.23. The van der Waals surface area contributed by atoms with E-state index in [0.29, 0.717) is 27.1 Å². The third-order valence-corrected chi connectivity index (χ3v) is 5.56. The number of thiazole rings is 1. The molecule has 1 amide bonds. The SMILES string of the molecule is Cc1cn(-c2cccnc2)nc1Nc1ncc(C(=O)Nc2c(C)ccc(O)c2C)s1. The lowest BCUT2D eigenvalue weighted by Crippen LogP contribution is -2.12. The van der Waals surface area contributed by atoms with Crippen molar-refractivity contribution >= 4 is 33.9 Å². The second-order valence-electron chi connectivity index (χ2n) is 6.83. The first kappa shape index (κ1) is 19.6. The highest BCUT2D eigenvalue weighted by molar-refractivity contribution is 7.17. The minimum Gasteiger partial charge on any atom is -0.508 e. The Hall–Kier alpha value is -3.72. The van der Waals surface area contributed by atoms with Crippen molar-refractivity contribution in [2.75, 3.05) is 10.6 Å². The van der Waals surface area contributed by atoms with Gasteiger partial charge in [0.1, 0.15) is 10.6 Å². The molecule has 0 radical (unpaired) electrons. The summed E-state index contributed by atoms with van der Waals surface area (Å²) in [6.45, 7) is 5.58. The van der Waals surface area contributed by atoms with Gasteiger partial charge in [-0.3, -0.25) is 9.78 Å². The number of rotatable bonds is 5. The van der Waals surface area contributed by atoms with E-state index in [2.05, 4.69) is 25.7 Å². The Morgan fingerprint density at radius 2 is 1.97 bits per heavy atom. The average molecular weight is 420 g/mol. The number of phenolic OH excluding ortho intramolecular Hbond substituents is 1. The number of carbonyl (C=O) groups excluding carboxylic acids is 1. The molecule has 0 atom stereocenters. The monoisotopic (exact) mass is 420 g/mol. The van der Waals surface area contributed by atoms with E-state index in [1.165, 1.54) is 17.5 Å². The summed E-state index contributed by atoms with van der Waals surface area (Å²) in [5.74, 6) is 0.511. The first-order valence-corrected chi connectivity index (χ1v) is 10.0. The molecule has 30 heavy (non-hydrogen) atoms. The number of aromatic nitrogens is 4. The van der Waals surface area contributed by atoms with Crippen LogP contribution in [0.1, 0.15) is 26.4 Å². The molecule has 0 unspecified atom stereocenters. The zero-order valence-corrected chi connectivity index (χ0v) is 17.5. The smallest absolute Gasteiger partial charge is 0.267 e. The van der Waals surface area contributed by atoms with Crippen LogP contribution in [0, 0.1) is 20.8 Å². The zero-order valence-electron chi connectivity index (χ0n) is 16.7. The summed E-state index contributed by atoms with van der Waals surface area (Å²) < 4.78 is 1.74. The van der Waals surface area contributed by atoms with Gasteiger partial charge < -0.3 is 15.7 Å².